The Morgan fingerprint density at radius 3 is 2.22 bits per heavy atom. The van der Waals surface area contributed by atoms with Crippen molar-refractivity contribution in [2.45, 2.75) is 125 Å². The molecule has 1 saturated heterocycles. The Morgan fingerprint density at radius 1 is 0.969 bits per heavy atom. The topological polar surface area (TPSA) is 214 Å². The number of aromatic hydroxyl groups is 1. The van der Waals surface area contributed by atoms with E-state index in [9.17, 15) is 39.3 Å². The molecule has 4 heterocycles. The Labute approximate surface area is 375 Å². The van der Waals surface area contributed by atoms with E-state index in [0.29, 0.717) is 31.8 Å². The predicted molar refractivity (Wildman–Crippen MR) is 236 cm³/mol. The lowest BCUT2D eigenvalue weighted by molar-refractivity contribution is -0.160. The van der Waals surface area contributed by atoms with E-state index in [0.717, 1.165) is 6.54 Å². The number of hydrogen-bond acceptors (Lipinski definition) is 14. The number of Topliss-reactive ketones (excluding diaryl/α,β-unsaturated/α-hetero) is 2. The molecule has 348 valence electrons. The van der Waals surface area contributed by atoms with Gasteiger partial charge in [-0.05, 0) is 25.8 Å². The molecule has 9 atom stereocenters. The molecular weight excluding hydrogens is 825 g/mol. The zero-order chi connectivity index (χ0) is 47.3. The van der Waals surface area contributed by atoms with Crippen LogP contribution >= 0.6 is 0 Å². The van der Waals surface area contributed by atoms with Crippen molar-refractivity contribution in [2.24, 2.45) is 34.6 Å². The minimum Gasteiger partial charge on any atom is -0.507 e. The maximum absolute atomic E-state index is 15.0. The molecule has 0 aromatic heterocycles. The van der Waals surface area contributed by atoms with Gasteiger partial charge in [0.2, 0.25) is 11.7 Å². The summed E-state index contributed by atoms with van der Waals surface area (Å²) in [6.45, 7) is 20.2. The molecule has 5 bridgehead atoms. The Kier molecular flexibility index (Phi) is 13.9. The van der Waals surface area contributed by atoms with Gasteiger partial charge in [0, 0.05) is 101 Å². The summed E-state index contributed by atoms with van der Waals surface area (Å²) in [5, 5.41) is 37.7. The first kappa shape index (κ1) is 48.3. The van der Waals surface area contributed by atoms with E-state index in [1.807, 2.05) is 0 Å². The molecule has 1 spiro atoms. The summed E-state index contributed by atoms with van der Waals surface area (Å²) in [5.41, 5.74) is -1.54. The van der Waals surface area contributed by atoms with Crippen LogP contribution in [0, 0.1) is 36.5 Å². The second kappa shape index (κ2) is 18.4. The number of aliphatic hydroxyl groups excluding tert-OH is 2. The number of aliphatic imine (C=N–C) groups is 1. The maximum Gasteiger partial charge on any atom is 0.312 e. The van der Waals surface area contributed by atoms with Crippen LogP contribution in [0.15, 0.2) is 52.5 Å². The van der Waals surface area contributed by atoms with Crippen LogP contribution in [0.2, 0.25) is 0 Å². The maximum atomic E-state index is 15.0. The predicted octanol–water partition coefficient (Wildman–Crippen LogP) is 4.87. The summed E-state index contributed by atoms with van der Waals surface area (Å²) in [6.07, 6.45) is 4.37. The molecule has 6 rings (SSSR count). The largest absolute Gasteiger partial charge is 0.507 e. The third-order valence-corrected chi connectivity index (χ3v) is 13.5. The van der Waals surface area contributed by atoms with Gasteiger partial charge in [-0.1, -0.05) is 59.8 Å². The minimum atomic E-state index is -2.04. The van der Waals surface area contributed by atoms with Crippen LogP contribution in [0.25, 0.3) is 0 Å². The van der Waals surface area contributed by atoms with Crippen LogP contribution in [0.3, 0.4) is 0 Å². The molecule has 1 aromatic carbocycles. The van der Waals surface area contributed by atoms with Gasteiger partial charge in [0.05, 0.1) is 47.1 Å². The third-order valence-electron chi connectivity index (χ3n) is 13.5. The second-order valence-electron chi connectivity index (χ2n) is 18.7. The Morgan fingerprint density at radius 2 is 1.62 bits per heavy atom. The van der Waals surface area contributed by atoms with E-state index in [1.54, 1.807) is 39.8 Å². The molecule has 4 N–H and O–H groups in total. The number of hydrogen-bond donors (Lipinski definition) is 4. The fourth-order valence-corrected chi connectivity index (χ4v) is 9.88. The number of methoxy groups -OCH3 is 1. The van der Waals surface area contributed by atoms with Gasteiger partial charge in [-0.3, -0.25) is 33.9 Å². The van der Waals surface area contributed by atoms with Crippen molar-refractivity contribution in [3.63, 3.8) is 0 Å². The van der Waals surface area contributed by atoms with Crippen molar-refractivity contribution in [3.05, 3.63) is 69.8 Å². The summed E-state index contributed by atoms with van der Waals surface area (Å²) in [7, 11) is 1.45. The van der Waals surface area contributed by atoms with Crippen molar-refractivity contribution in [1.82, 2.24) is 15.1 Å². The van der Waals surface area contributed by atoms with E-state index in [-0.39, 0.29) is 50.7 Å². The number of nitrogens with zero attached hydrogens (tertiary/aromatic N) is 3. The molecular formula is C48H64N4O12. The van der Waals surface area contributed by atoms with Crippen molar-refractivity contribution in [1.29, 1.82) is 0 Å². The number of carbonyl (C=O) groups is 5. The number of phenolic OH excluding ortho intramolecular Hbond substituents is 1. The number of likely N-dealkylation sites (tertiary alicyclic amines) is 1. The number of ketones is 2. The molecule has 1 fully saturated rings. The smallest absolute Gasteiger partial charge is 0.312 e. The lowest BCUT2D eigenvalue weighted by atomic mass is 9.78. The van der Waals surface area contributed by atoms with Gasteiger partial charge < -0.3 is 44.5 Å². The highest BCUT2D eigenvalue weighted by Gasteiger charge is 2.57. The number of esters is 1. The van der Waals surface area contributed by atoms with Crippen LogP contribution in [-0.2, 0) is 28.6 Å². The van der Waals surface area contributed by atoms with Gasteiger partial charge in [0.25, 0.3) is 11.7 Å². The Hall–Kier alpha value is -5.16. The summed E-state index contributed by atoms with van der Waals surface area (Å²) in [4.78, 5) is 79.3. The molecule has 1 aliphatic carbocycles. The number of phenols is 1. The molecule has 64 heavy (non-hydrogen) atoms. The summed E-state index contributed by atoms with van der Waals surface area (Å²) in [5.74, 6) is -7.96. The first-order chi connectivity index (χ1) is 30.0. The monoisotopic (exact) mass is 888 g/mol. The highest BCUT2D eigenvalue weighted by Crippen LogP contribution is 2.52. The van der Waals surface area contributed by atoms with E-state index in [4.69, 9.17) is 23.9 Å². The lowest BCUT2D eigenvalue weighted by Gasteiger charge is -2.43. The molecule has 5 aliphatic rings. The molecule has 1 aromatic rings. The number of rotatable bonds is 4. The number of piperidine rings is 1. The zero-order valence-corrected chi connectivity index (χ0v) is 39.0. The van der Waals surface area contributed by atoms with Crippen molar-refractivity contribution in [3.8, 4) is 11.5 Å². The quantitative estimate of drug-likeness (QED) is 0.298. The van der Waals surface area contributed by atoms with Gasteiger partial charge in [-0.15, -0.1) is 0 Å². The van der Waals surface area contributed by atoms with Crippen LogP contribution in [0.4, 0.5) is 0 Å². The average Bonchev–Trinajstić information content (AvgIpc) is 3.71. The van der Waals surface area contributed by atoms with Crippen LogP contribution in [-0.4, -0.2) is 123 Å². The number of allylic oxidation sites excluding steroid dienone is 4. The first-order valence-corrected chi connectivity index (χ1v) is 22.1. The minimum absolute atomic E-state index is 0.0129. The number of benzene rings is 1. The highest BCUT2D eigenvalue weighted by molar-refractivity contribution is 6.35. The van der Waals surface area contributed by atoms with E-state index < -0.39 is 94.6 Å². The van der Waals surface area contributed by atoms with Crippen molar-refractivity contribution >= 4 is 35.1 Å². The summed E-state index contributed by atoms with van der Waals surface area (Å²) >= 11 is 0. The van der Waals surface area contributed by atoms with Gasteiger partial charge >= 0.3 is 11.8 Å². The fraction of sp³-hybridized carbons (Fsp3) is 0.583. The zero-order valence-electron chi connectivity index (χ0n) is 39.0. The van der Waals surface area contributed by atoms with Crippen molar-refractivity contribution in [2.75, 3.05) is 26.7 Å². The van der Waals surface area contributed by atoms with E-state index in [1.165, 1.54) is 65.0 Å². The second-order valence-corrected chi connectivity index (χ2v) is 18.7. The van der Waals surface area contributed by atoms with Gasteiger partial charge in [-0.25, -0.2) is 0 Å². The third kappa shape index (κ3) is 8.57. The van der Waals surface area contributed by atoms with Crippen LogP contribution in [0.5, 0.6) is 11.5 Å². The molecule has 16 nitrogen and oxygen atoms in total. The normalized spacial score (nSPS) is 32.4. The van der Waals surface area contributed by atoms with Gasteiger partial charge in [-0.2, -0.15) is 0 Å². The molecule has 0 unspecified atom stereocenters. The van der Waals surface area contributed by atoms with E-state index >= 15 is 0 Å². The van der Waals surface area contributed by atoms with Crippen molar-refractivity contribution < 1.29 is 58.2 Å². The highest BCUT2D eigenvalue weighted by atomic mass is 16.7. The van der Waals surface area contributed by atoms with E-state index in [2.05, 4.69) is 24.1 Å². The molecule has 2 amide bonds. The summed E-state index contributed by atoms with van der Waals surface area (Å²) in [6, 6.07) is 0. The lowest BCUT2D eigenvalue weighted by Crippen LogP contribution is -2.54. The average molecular weight is 889 g/mol. The number of fused-ring (bicyclic) bond motifs is 3. The number of amides is 2. The Balaban J connectivity index is 1.55. The molecule has 16 heteroatoms. The fourth-order valence-electron chi connectivity index (χ4n) is 9.88. The summed E-state index contributed by atoms with van der Waals surface area (Å²) < 4.78 is 24.0. The number of ether oxygens (including phenoxy) is 4. The number of aliphatic hydroxyl groups is 2. The standard InChI is InChI=1S/C48H64N4O12/c1-23(2)22-51-19-17-48(18-20-51)50-36-33-34-41(57)29(8)44-35(33)45(59)47(11,64-44)62-21-16-32(61-12)26(5)43(63-31(10)54)28(7)40(56)27(6)39(55)24(3)14-13-15-25(4)46(60)49-37(42(34)58)38(36)52(48)30(9)53/h13-16,21,23-24,26-28,32,39-40,43,55-57H,17-20,22H2,1-12H3,(H,49,60)/b14-13-,21-16?,25-15-/t24-,26+,27+,28+,32-,39-,40+,43+,47-/m0/s1. The molecule has 0 saturated carbocycles. The number of carbonyl (C=O) groups excluding carboxylic acids is 5. The Bertz CT molecular complexity index is 2250. The van der Waals surface area contributed by atoms with Crippen LogP contribution < -0.4 is 10.1 Å². The van der Waals surface area contributed by atoms with Crippen LogP contribution in [0.1, 0.15) is 114 Å². The number of nitrogens with one attached hydrogen (secondary N) is 1. The SMILES string of the molecule is CO[C@H]1C=CO[C@@]2(C)Oc3c(C)c(O)c4c(c3C2=O)C2=NC3(CCN(CC(C)C)CC3)N(C(C)=O)C2=C(NC(=O)/C(C)=C\C=C/[C@H](C)[C@H](O)[C@@H](C)[C@@H](O)[C@@H](C)[C@H](OC(C)=O)[C@@H]1C)C4=O. The molecule has 0 radical (unpaired) electrons. The molecule has 4 aliphatic heterocycles. The van der Waals surface area contributed by atoms with Gasteiger partial charge in [0.1, 0.15) is 29.0 Å². The first-order valence-electron chi connectivity index (χ1n) is 22.1. The van der Waals surface area contributed by atoms with Gasteiger partial charge in [0.15, 0.2) is 0 Å².